The number of benzene rings is 1. The van der Waals surface area contributed by atoms with Gasteiger partial charge in [-0.3, -0.25) is 4.79 Å². The molecule has 0 aliphatic carbocycles. The molecule has 0 radical (unpaired) electrons. The van der Waals surface area contributed by atoms with Crippen LogP contribution in [0.15, 0.2) is 30.3 Å². The lowest BCUT2D eigenvalue weighted by Gasteiger charge is -2.32. The van der Waals surface area contributed by atoms with E-state index < -0.39 is 16.9 Å². The minimum Gasteiger partial charge on any atom is -0.357 e. The Morgan fingerprint density at radius 1 is 1.27 bits per heavy atom. The minimum atomic E-state index is -4.82. The molecule has 0 unspecified atom stereocenters. The lowest BCUT2D eigenvalue weighted by Crippen LogP contribution is -2.49. The van der Waals surface area contributed by atoms with Gasteiger partial charge in [-0.25, -0.2) is 0 Å². The van der Waals surface area contributed by atoms with Crippen LogP contribution in [0.3, 0.4) is 0 Å². The van der Waals surface area contributed by atoms with Crippen molar-refractivity contribution in [1.82, 2.24) is 0 Å². The Balaban J connectivity index is 3.04. The molecule has 0 aliphatic heterocycles. The summed E-state index contributed by atoms with van der Waals surface area (Å²) in [5.74, 6) is 0.724. The standard InChI is InChI=1S/C16H21F3O2S/c1-4-12(2)10-11-22-14(20)15(21-3,16(17,18)19)13-8-6-5-7-9-13/h5-9,12H,4,10-11H2,1-3H3/t12-,15+/m0/s1. The van der Waals surface area contributed by atoms with Gasteiger partial charge in [0.05, 0.1) is 0 Å². The minimum absolute atomic E-state index is 0.189. The van der Waals surface area contributed by atoms with E-state index >= 15 is 0 Å². The summed E-state index contributed by atoms with van der Waals surface area (Å²) in [5.41, 5.74) is -3.10. The van der Waals surface area contributed by atoms with E-state index in [1.807, 2.05) is 13.8 Å². The highest BCUT2D eigenvalue weighted by atomic mass is 32.2. The summed E-state index contributed by atoms with van der Waals surface area (Å²) >= 11 is 0.689. The lowest BCUT2D eigenvalue weighted by molar-refractivity contribution is -0.260. The fourth-order valence-corrected chi connectivity index (χ4v) is 3.27. The Kier molecular flexibility index (Phi) is 6.94. The summed E-state index contributed by atoms with van der Waals surface area (Å²) in [4.78, 5) is 12.3. The molecule has 6 heteroatoms. The van der Waals surface area contributed by atoms with Crippen LogP contribution in [-0.2, 0) is 15.1 Å². The van der Waals surface area contributed by atoms with Crippen LogP contribution in [0.1, 0.15) is 32.3 Å². The fraction of sp³-hybridized carbons (Fsp3) is 0.562. The predicted octanol–water partition coefficient (Wildman–Crippen LogP) is 4.79. The Morgan fingerprint density at radius 3 is 2.32 bits per heavy atom. The number of halogens is 3. The Bertz CT molecular complexity index is 476. The van der Waals surface area contributed by atoms with Crippen molar-refractivity contribution in [3.63, 3.8) is 0 Å². The van der Waals surface area contributed by atoms with Crippen molar-refractivity contribution in [1.29, 1.82) is 0 Å². The highest BCUT2D eigenvalue weighted by Gasteiger charge is 2.62. The van der Waals surface area contributed by atoms with Crippen LogP contribution >= 0.6 is 11.8 Å². The van der Waals surface area contributed by atoms with Gasteiger partial charge in [-0.1, -0.05) is 62.4 Å². The maximum Gasteiger partial charge on any atom is 0.429 e. The van der Waals surface area contributed by atoms with Gasteiger partial charge in [0.25, 0.3) is 5.60 Å². The number of hydrogen-bond acceptors (Lipinski definition) is 3. The van der Waals surface area contributed by atoms with Crippen LogP contribution < -0.4 is 0 Å². The monoisotopic (exact) mass is 334 g/mol. The van der Waals surface area contributed by atoms with Gasteiger partial charge in [0.2, 0.25) is 5.12 Å². The summed E-state index contributed by atoms with van der Waals surface area (Å²) in [6, 6.07) is 7.06. The van der Waals surface area contributed by atoms with E-state index in [9.17, 15) is 18.0 Å². The van der Waals surface area contributed by atoms with Crippen LogP contribution in [-0.4, -0.2) is 24.2 Å². The summed E-state index contributed by atoms with van der Waals surface area (Å²) in [6.07, 6.45) is -3.19. The predicted molar refractivity (Wildman–Crippen MR) is 82.7 cm³/mol. The molecule has 2 nitrogen and oxygen atoms in total. The van der Waals surface area contributed by atoms with Gasteiger partial charge in [0.15, 0.2) is 0 Å². The van der Waals surface area contributed by atoms with Gasteiger partial charge in [0, 0.05) is 18.4 Å². The second kappa shape index (κ2) is 8.02. The molecule has 0 aromatic heterocycles. The van der Waals surface area contributed by atoms with Gasteiger partial charge in [0.1, 0.15) is 0 Å². The summed E-state index contributed by atoms with van der Waals surface area (Å²) in [5, 5.41) is -1.02. The molecule has 22 heavy (non-hydrogen) atoms. The topological polar surface area (TPSA) is 26.3 Å². The Morgan fingerprint density at radius 2 is 1.86 bits per heavy atom. The molecule has 124 valence electrons. The maximum absolute atomic E-state index is 13.6. The van der Waals surface area contributed by atoms with Crippen LogP contribution in [0.25, 0.3) is 0 Å². The van der Waals surface area contributed by atoms with Crippen molar-refractivity contribution in [2.45, 2.75) is 38.5 Å². The largest absolute Gasteiger partial charge is 0.429 e. The molecule has 0 heterocycles. The van der Waals surface area contributed by atoms with E-state index in [1.54, 1.807) is 6.07 Å². The van der Waals surface area contributed by atoms with Crippen molar-refractivity contribution in [3.05, 3.63) is 35.9 Å². The van der Waals surface area contributed by atoms with Gasteiger partial charge >= 0.3 is 6.18 Å². The van der Waals surface area contributed by atoms with E-state index in [1.165, 1.54) is 24.3 Å². The molecule has 0 aliphatic rings. The molecule has 1 aromatic rings. The third-order valence-corrected chi connectivity index (χ3v) is 4.70. The number of ether oxygens (including phenoxy) is 1. The zero-order chi connectivity index (χ0) is 16.8. The SMILES string of the molecule is CC[C@H](C)CCSC(=O)[C@](OC)(c1ccccc1)C(F)(F)F. The van der Waals surface area contributed by atoms with E-state index in [-0.39, 0.29) is 5.56 Å². The van der Waals surface area contributed by atoms with Gasteiger partial charge in [-0.15, -0.1) is 0 Å². The molecule has 0 saturated carbocycles. The van der Waals surface area contributed by atoms with Crippen molar-refractivity contribution in [2.75, 3.05) is 12.9 Å². The van der Waals surface area contributed by atoms with E-state index in [4.69, 9.17) is 4.74 Å². The molecule has 0 fully saturated rings. The first-order valence-electron chi connectivity index (χ1n) is 7.14. The number of alkyl halides is 3. The molecule has 2 atom stereocenters. The number of hydrogen-bond donors (Lipinski definition) is 0. The number of thioether (sulfide) groups is 1. The van der Waals surface area contributed by atoms with Crippen LogP contribution in [0.2, 0.25) is 0 Å². The van der Waals surface area contributed by atoms with Gasteiger partial charge in [-0.05, 0) is 12.3 Å². The summed E-state index contributed by atoms with van der Waals surface area (Å²) in [7, 11) is 0.924. The first kappa shape index (κ1) is 19.0. The third kappa shape index (κ3) is 4.04. The van der Waals surface area contributed by atoms with E-state index in [0.717, 1.165) is 13.5 Å². The summed E-state index contributed by atoms with van der Waals surface area (Å²) < 4.78 is 45.6. The smallest absolute Gasteiger partial charge is 0.357 e. The normalized spacial score (nSPS) is 16.1. The molecule has 0 spiro atoms. The zero-order valence-electron chi connectivity index (χ0n) is 12.9. The van der Waals surface area contributed by atoms with Crippen molar-refractivity contribution < 1.29 is 22.7 Å². The number of carbonyl (C=O) groups is 1. The molecule has 0 N–H and O–H groups in total. The quantitative estimate of drug-likeness (QED) is 0.717. The first-order valence-corrected chi connectivity index (χ1v) is 8.12. The lowest BCUT2D eigenvalue weighted by atomic mass is 9.94. The summed E-state index contributed by atoms with van der Waals surface area (Å²) in [6.45, 7) is 4.02. The van der Waals surface area contributed by atoms with E-state index in [0.29, 0.717) is 29.9 Å². The number of rotatable bonds is 7. The van der Waals surface area contributed by atoms with Crippen molar-refractivity contribution in [2.24, 2.45) is 5.92 Å². The Hall–Kier alpha value is -1.01. The molecule has 1 rings (SSSR count). The molecule has 1 aromatic carbocycles. The van der Waals surface area contributed by atoms with Crippen LogP contribution in [0.5, 0.6) is 0 Å². The second-order valence-electron chi connectivity index (χ2n) is 5.19. The molecule has 0 amide bonds. The molecule has 0 bridgehead atoms. The van der Waals surface area contributed by atoms with Gasteiger partial charge < -0.3 is 4.74 Å². The number of carbonyl (C=O) groups excluding carboxylic acids is 1. The van der Waals surface area contributed by atoms with E-state index in [2.05, 4.69) is 0 Å². The molecule has 0 saturated heterocycles. The highest BCUT2D eigenvalue weighted by Crippen LogP contribution is 2.45. The highest BCUT2D eigenvalue weighted by molar-refractivity contribution is 8.13. The maximum atomic E-state index is 13.6. The third-order valence-electron chi connectivity index (χ3n) is 3.71. The van der Waals surface area contributed by atoms with Crippen molar-refractivity contribution >= 4 is 16.9 Å². The van der Waals surface area contributed by atoms with Crippen LogP contribution in [0, 0.1) is 5.92 Å². The molecular formula is C16H21F3O2S. The molecular weight excluding hydrogens is 313 g/mol. The van der Waals surface area contributed by atoms with Crippen molar-refractivity contribution in [3.8, 4) is 0 Å². The second-order valence-corrected chi connectivity index (χ2v) is 6.25. The van der Waals surface area contributed by atoms with Crippen LogP contribution in [0.4, 0.5) is 13.2 Å². The number of methoxy groups -OCH3 is 1. The average Bonchev–Trinajstić information content (AvgIpc) is 2.48. The average molecular weight is 334 g/mol. The Labute approximate surface area is 133 Å². The zero-order valence-corrected chi connectivity index (χ0v) is 13.8. The fourth-order valence-electron chi connectivity index (χ4n) is 2.05. The first-order chi connectivity index (χ1) is 10.3. The van der Waals surface area contributed by atoms with Gasteiger partial charge in [-0.2, -0.15) is 13.2 Å².